The van der Waals surface area contributed by atoms with Gasteiger partial charge < -0.3 is 19.4 Å². The van der Waals surface area contributed by atoms with Gasteiger partial charge in [0, 0.05) is 35.7 Å². The van der Waals surface area contributed by atoms with Gasteiger partial charge in [0.05, 0.1) is 19.3 Å². The van der Waals surface area contributed by atoms with E-state index >= 15 is 0 Å². The van der Waals surface area contributed by atoms with Crippen LogP contribution in [0.3, 0.4) is 0 Å². The van der Waals surface area contributed by atoms with Crippen molar-refractivity contribution in [3.05, 3.63) is 74.5 Å². The molecule has 1 aliphatic rings. The minimum atomic E-state index is -0.497. The van der Waals surface area contributed by atoms with Crippen LogP contribution < -0.4 is 20.3 Å². The molecule has 9 heteroatoms. The van der Waals surface area contributed by atoms with Gasteiger partial charge in [-0.15, -0.1) is 0 Å². The molecule has 1 amide bonds. The van der Waals surface area contributed by atoms with Crippen LogP contribution in [0.2, 0.25) is 5.02 Å². The molecule has 1 unspecified atom stereocenters. The summed E-state index contributed by atoms with van der Waals surface area (Å²) in [6.45, 7) is 2.30. The predicted octanol–water partition coefficient (Wildman–Crippen LogP) is 4.61. The number of halogens is 1. The molecule has 4 rings (SSSR count). The van der Waals surface area contributed by atoms with E-state index in [4.69, 9.17) is 21.1 Å². The number of fused-ring (bicyclic) bond motifs is 1. The van der Waals surface area contributed by atoms with Crippen LogP contribution in [0.25, 0.3) is 0 Å². The number of methoxy groups -OCH3 is 1. The highest BCUT2D eigenvalue weighted by molar-refractivity contribution is 7.98. The van der Waals surface area contributed by atoms with E-state index in [9.17, 15) is 9.59 Å². The van der Waals surface area contributed by atoms with E-state index in [1.165, 1.54) is 11.8 Å². The predicted molar refractivity (Wildman–Crippen MR) is 130 cm³/mol. The summed E-state index contributed by atoms with van der Waals surface area (Å²) >= 11 is 7.49. The highest BCUT2D eigenvalue weighted by Crippen LogP contribution is 2.43. The zero-order valence-corrected chi connectivity index (χ0v) is 20.1. The molecule has 172 valence electrons. The lowest BCUT2D eigenvalue weighted by Gasteiger charge is -2.29. The van der Waals surface area contributed by atoms with Crippen molar-refractivity contribution in [3.8, 4) is 11.5 Å². The molecular formula is C24H24ClN3O4S. The average molecular weight is 486 g/mol. The van der Waals surface area contributed by atoms with Crippen LogP contribution in [-0.2, 0) is 17.6 Å². The number of nitrogens with one attached hydrogen (secondary N) is 1. The van der Waals surface area contributed by atoms with Crippen molar-refractivity contribution >= 4 is 35.1 Å². The van der Waals surface area contributed by atoms with E-state index in [0.29, 0.717) is 45.4 Å². The number of thioether (sulfide) groups is 1. The molecule has 33 heavy (non-hydrogen) atoms. The van der Waals surface area contributed by atoms with E-state index in [2.05, 4.69) is 10.3 Å². The first-order chi connectivity index (χ1) is 15.9. The minimum absolute atomic E-state index is 0.117. The van der Waals surface area contributed by atoms with Crippen LogP contribution in [0, 0.1) is 0 Å². The van der Waals surface area contributed by atoms with Crippen molar-refractivity contribution in [2.75, 3.05) is 19.0 Å². The Bertz CT molecular complexity index is 1260. The summed E-state index contributed by atoms with van der Waals surface area (Å²) < 4.78 is 13.1. The number of carbonyl (C=O) groups excluding carboxylic acids is 1. The number of hydrogen-bond acceptors (Lipinski definition) is 6. The van der Waals surface area contributed by atoms with Crippen molar-refractivity contribution in [2.45, 2.75) is 30.2 Å². The fourth-order valence-corrected chi connectivity index (χ4v) is 5.09. The zero-order chi connectivity index (χ0) is 23.5. The fourth-order valence-electron chi connectivity index (χ4n) is 3.97. The Morgan fingerprint density at radius 1 is 1.24 bits per heavy atom. The van der Waals surface area contributed by atoms with E-state index in [1.54, 1.807) is 24.8 Å². The number of amides is 1. The summed E-state index contributed by atoms with van der Waals surface area (Å²) in [6, 6.07) is 13.0. The van der Waals surface area contributed by atoms with Crippen LogP contribution >= 0.6 is 23.4 Å². The summed E-state index contributed by atoms with van der Waals surface area (Å²) in [7, 11) is 3.36. The van der Waals surface area contributed by atoms with Crippen LogP contribution in [-0.4, -0.2) is 29.2 Å². The average Bonchev–Trinajstić information content (AvgIpc) is 2.80. The van der Waals surface area contributed by atoms with Crippen LogP contribution in [0.15, 0.2) is 52.4 Å². The Morgan fingerprint density at radius 3 is 2.76 bits per heavy atom. The van der Waals surface area contributed by atoms with Crippen molar-refractivity contribution in [1.29, 1.82) is 0 Å². The molecule has 0 bridgehead atoms. The van der Waals surface area contributed by atoms with Gasteiger partial charge in [0.2, 0.25) is 5.91 Å². The van der Waals surface area contributed by atoms with Crippen LogP contribution in [0.1, 0.15) is 36.0 Å². The van der Waals surface area contributed by atoms with Crippen molar-refractivity contribution in [3.63, 3.8) is 0 Å². The van der Waals surface area contributed by atoms with Gasteiger partial charge in [0.1, 0.15) is 5.82 Å². The number of benzene rings is 2. The number of hydrogen-bond donors (Lipinski definition) is 1. The number of nitrogens with zero attached hydrogens (tertiary/aromatic N) is 2. The molecule has 1 N–H and O–H groups in total. The summed E-state index contributed by atoms with van der Waals surface area (Å²) in [5.41, 5.74) is 1.81. The highest BCUT2D eigenvalue weighted by atomic mass is 35.5. The third-order valence-corrected chi connectivity index (χ3v) is 6.79. The van der Waals surface area contributed by atoms with Gasteiger partial charge in [0.15, 0.2) is 16.7 Å². The first-order valence-electron chi connectivity index (χ1n) is 10.5. The van der Waals surface area contributed by atoms with E-state index in [1.807, 2.05) is 43.3 Å². The SMILES string of the molecule is CCOc1c(OC)cccc1C1CC(=O)Nc2c1c(=O)nc(SCc1cccc(Cl)c1)n2C. The normalized spacial score (nSPS) is 15.0. The summed E-state index contributed by atoms with van der Waals surface area (Å²) in [4.78, 5) is 30.3. The Morgan fingerprint density at radius 2 is 2.03 bits per heavy atom. The van der Waals surface area contributed by atoms with Crippen LogP contribution in [0.5, 0.6) is 11.5 Å². The standard InChI is InChI=1S/C24H24ClN3O4S/c1-4-32-21-16(9-6-10-18(21)31-3)17-12-19(29)26-22-20(17)23(30)27-24(28(22)2)33-13-14-7-5-8-15(25)11-14/h5-11,17H,4,12-13H2,1-3H3,(H,26,29). The third-order valence-electron chi connectivity index (χ3n) is 5.45. The maximum atomic E-state index is 13.2. The molecule has 2 aromatic carbocycles. The quantitative estimate of drug-likeness (QED) is 0.389. The second-order valence-electron chi connectivity index (χ2n) is 7.56. The zero-order valence-electron chi connectivity index (χ0n) is 18.6. The number of ether oxygens (including phenoxy) is 2. The van der Waals surface area contributed by atoms with Gasteiger partial charge >= 0.3 is 0 Å². The Hall–Kier alpha value is -2.97. The van der Waals surface area contributed by atoms with Gasteiger partial charge in [-0.05, 0) is 30.7 Å². The molecule has 0 aliphatic carbocycles. The van der Waals surface area contributed by atoms with E-state index < -0.39 is 5.92 Å². The Balaban J connectivity index is 1.76. The maximum Gasteiger partial charge on any atom is 0.279 e. The number of anilines is 1. The topological polar surface area (TPSA) is 82.4 Å². The Labute approximate surface area is 201 Å². The van der Waals surface area contributed by atoms with Crippen molar-refractivity contribution in [2.24, 2.45) is 7.05 Å². The summed E-state index contributed by atoms with van der Waals surface area (Å²) in [6.07, 6.45) is 0.117. The molecule has 3 aromatic rings. The molecule has 0 radical (unpaired) electrons. The molecule has 0 saturated heterocycles. The smallest absolute Gasteiger partial charge is 0.279 e. The number of rotatable bonds is 7. The number of carbonyl (C=O) groups is 1. The number of aromatic nitrogens is 2. The lowest BCUT2D eigenvalue weighted by Crippen LogP contribution is -2.33. The lowest BCUT2D eigenvalue weighted by molar-refractivity contribution is -0.116. The molecule has 1 aliphatic heterocycles. The first kappa shape index (κ1) is 23.2. The van der Waals surface area contributed by atoms with Crippen molar-refractivity contribution < 1.29 is 14.3 Å². The molecule has 1 aromatic heterocycles. The van der Waals surface area contributed by atoms with Gasteiger partial charge in [-0.3, -0.25) is 9.59 Å². The lowest BCUT2D eigenvalue weighted by atomic mass is 9.86. The van der Waals surface area contributed by atoms with Crippen LogP contribution in [0.4, 0.5) is 5.82 Å². The van der Waals surface area contributed by atoms with Gasteiger partial charge in [-0.2, -0.15) is 4.98 Å². The van der Waals surface area contributed by atoms with Crippen molar-refractivity contribution in [1.82, 2.24) is 9.55 Å². The van der Waals surface area contributed by atoms with Gasteiger partial charge in [-0.25, -0.2) is 0 Å². The molecule has 1 atom stereocenters. The van der Waals surface area contributed by atoms with Gasteiger partial charge in [-0.1, -0.05) is 47.6 Å². The Kier molecular flexibility index (Phi) is 6.95. The third kappa shape index (κ3) is 4.72. The molecule has 2 heterocycles. The monoisotopic (exact) mass is 485 g/mol. The fraction of sp³-hybridized carbons (Fsp3) is 0.292. The first-order valence-corrected chi connectivity index (χ1v) is 11.9. The maximum absolute atomic E-state index is 13.2. The summed E-state index contributed by atoms with van der Waals surface area (Å²) in [5.74, 6) is 1.46. The second-order valence-corrected chi connectivity index (χ2v) is 8.93. The molecule has 0 fully saturated rings. The molecular weight excluding hydrogens is 462 g/mol. The largest absolute Gasteiger partial charge is 0.493 e. The molecule has 0 saturated carbocycles. The minimum Gasteiger partial charge on any atom is -0.493 e. The molecule has 7 nitrogen and oxygen atoms in total. The highest BCUT2D eigenvalue weighted by Gasteiger charge is 2.34. The molecule has 0 spiro atoms. The van der Waals surface area contributed by atoms with Gasteiger partial charge in [0.25, 0.3) is 5.56 Å². The number of para-hydroxylation sites is 1. The van der Waals surface area contributed by atoms with E-state index in [0.717, 1.165) is 11.1 Å². The second kappa shape index (κ2) is 9.89. The van der Waals surface area contributed by atoms with E-state index in [-0.39, 0.29) is 17.9 Å². The summed E-state index contributed by atoms with van der Waals surface area (Å²) in [5, 5.41) is 4.04.